The summed E-state index contributed by atoms with van der Waals surface area (Å²) in [5.74, 6) is 1.62. The lowest BCUT2D eigenvalue weighted by Crippen LogP contribution is -2.46. The number of imidazole rings is 1. The number of anilines is 1. The highest BCUT2D eigenvalue weighted by molar-refractivity contribution is 5.61. The minimum atomic E-state index is -0.917. The molecule has 3 aromatic rings. The summed E-state index contributed by atoms with van der Waals surface area (Å²) >= 11 is 0. The van der Waals surface area contributed by atoms with E-state index in [1.807, 2.05) is 12.1 Å². The van der Waals surface area contributed by atoms with Gasteiger partial charge in [0.2, 0.25) is 5.95 Å². The first kappa shape index (κ1) is 17.3. The van der Waals surface area contributed by atoms with E-state index in [4.69, 9.17) is 9.84 Å². The van der Waals surface area contributed by atoms with Gasteiger partial charge in [0.15, 0.2) is 5.65 Å². The molecule has 8 nitrogen and oxygen atoms in total. The Bertz CT molecular complexity index is 1000. The monoisotopic (exact) mass is 383 g/mol. The molecule has 0 bridgehead atoms. The van der Waals surface area contributed by atoms with E-state index in [1.165, 1.54) is 0 Å². The van der Waals surface area contributed by atoms with Gasteiger partial charge < -0.3 is 15.4 Å². The maximum Gasteiger partial charge on any atom is 0.223 e. The molecule has 0 amide bonds. The quantitative estimate of drug-likeness (QED) is 0.698. The van der Waals surface area contributed by atoms with Gasteiger partial charge in [-0.05, 0) is 31.9 Å². The molecule has 2 atom stereocenters. The van der Waals surface area contributed by atoms with E-state index in [-0.39, 0.29) is 6.04 Å². The van der Waals surface area contributed by atoms with Gasteiger partial charge in [0.05, 0.1) is 25.0 Å². The Hall–Kier alpha value is -2.81. The van der Waals surface area contributed by atoms with Crippen molar-refractivity contribution < 1.29 is 9.13 Å². The minimum Gasteiger partial charge on any atom is -0.495 e. The average molecular weight is 383 g/mol. The van der Waals surface area contributed by atoms with Crippen molar-refractivity contribution in [1.29, 1.82) is 0 Å². The second-order valence-corrected chi connectivity index (χ2v) is 7.31. The van der Waals surface area contributed by atoms with Gasteiger partial charge in [-0.2, -0.15) is 5.10 Å². The van der Waals surface area contributed by atoms with E-state index < -0.39 is 6.17 Å². The van der Waals surface area contributed by atoms with E-state index in [2.05, 4.69) is 25.6 Å². The van der Waals surface area contributed by atoms with Gasteiger partial charge in [0.1, 0.15) is 23.3 Å². The lowest BCUT2D eigenvalue weighted by Gasteiger charge is -2.27. The van der Waals surface area contributed by atoms with Crippen molar-refractivity contribution in [3.8, 4) is 17.1 Å². The molecule has 2 aliphatic rings. The number of ether oxygens (including phenoxy) is 1. The molecule has 0 aromatic carbocycles. The van der Waals surface area contributed by atoms with Crippen LogP contribution in [-0.4, -0.2) is 57.0 Å². The number of hydrogen-bond donors (Lipinski definition) is 2. The van der Waals surface area contributed by atoms with Gasteiger partial charge in [-0.15, -0.1) is 0 Å². The maximum atomic E-state index is 14.1. The van der Waals surface area contributed by atoms with E-state index in [0.29, 0.717) is 42.7 Å². The summed E-state index contributed by atoms with van der Waals surface area (Å²) in [5, 5.41) is 11.1. The number of nitrogens with zero attached hydrogens (tertiary/aromatic N) is 5. The van der Waals surface area contributed by atoms with Crippen LogP contribution in [0.15, 0.2) is 24.5 Å². The molecule has 5 rings (SSSR count). The van der Waals surface area contributed by atoms with Crippen molar-refractivity contribution in [3.05, 3.63) is 30.2 Å². The molecule has 1 aliphatic heterocycles. The summed E-state index contributed by atoms with van der Waals surface area (Å²) in [6.07, 6.45) is 5.23. The lowest BCUT2D eigenvalue weighted by atomic mass is 10.1. The fourth-order valence-corrected chi connectivity index (χ4v) is 3.59. The van der Waals surface area contributed by atoms with E-state index in [0.717, 1.165) is 30.0 Å². The number of fused-ring (bicyclic) bond motifs is 1. The fraction of sp³-hybridized carbons (Fsp3) is 0.474. The van der Waals surface area contributed by atoms with Gasteiger partial charge in [-0.25, -0.2) is 23.9 Å². The molecule has 3 aromatic heterocycles. The van der Waals surface area contributed by atoms with Crippen LogP contribution >= 0.6 is 0 Å². The molecule has 1 saturated carbocycles. The number of nitrogens with one attached hydrogen (secondary N) is 2. The van der Waals surface area contributed by atoms with Crippen LogP contribution in [0, 0.1) is 0 Å². The van der Waals surface area contributed by atoms with Gasteiger partial charge in [-0.1, -0.05) is 0 Å². The molecule has 0 radical (unpaired) electrons. The van der Waals surface area contributed by atoms with Crippen LogP contribution in [0.3, 0.4) is 0 Å². The summed E-state index contributed by atoms with van der Waals surface area (Å²) in [6, 6.07) is 3.38. The van der Waals surface area contributed by atoms with Crippen molar-refractivity contribution in [1.82, 2.24) is 29.9 Å². The van der Waals surface area contributed by atoms with Crippen molar-refractivity contribution in [2.45, 2.75) is 37.4 Å². The van der Waals surface area contributed by atoms with E-state index in [1.54, 1.807) is 24.0 Å². The van der Waals surface area contributed by atoms with E-state index in [9.17, 15) is 4.39 Å². The van der Waals surface area contributed by atoms with E-state index >= 15 is 0 Å². The Morgan fingerprint density at radius 2 is 2.18 bits per heavy atom. The SMILES string of the molecule is COc1cc2ncc(-c3ccnc(NC4CNCCC4F)n3)n2nc1C1CC1. The van der Waals surface area contributed by atoms with Gasteiger partial charge in [-0.3, -0.25) is 0 Å². The zero-order chi connectivity index (χ0) is 19.1. The van der Waals surface area contributed by atoms with Crippen molar-refractivity contribution in [3.63, 3.8) is 0 Å². The summed E-state index contributed by atoms with van der Waals surface area (Å²) in [5.41, 5.74) is 3.10. The van der Waals surface area contributed by atoms with Crippen LogP contribution in [0.25, 0.3) is 17.0 Å². The van der Waals surface area contributed by atoms with Gasteiger partial charge >= 0.3 is 0 Å². The highest BCUT2D eigenvalue weighted by Gasteiger charge is 2.30. The molecule has 4 heterocycles. The minimum absolute atomic E-state index is 0.338. The van der Waals surface area contributed by atoms with Gasteiger partial charge in [0.25, 0.3) is 0 Å². The van der Waals surface area contributed by atoms with Crippen molar-refractivity contribution in [2.75, 3.05) is 25.5 Å². The normalized spacial score (nSPS) is 22.4. The molecule has 1 saturated heterocycles. The molecule has 2 N–H and O–H groups in total. The standard InChI is InChI=1S/C19H22FN7O/c1-28-16-8-17-23-10-15(27(17)26-18(16)11-2-3-11)13-5-7-22-19(24-13)25-14-9-21-6-4-12(14)20/h5,7-8,10-12,14,21H,2-4,6,9H2,1H3,(H,22,24,25). The topological polar surface area (TPSA) is 89.3 Å². The molecule has 9 heteroatoms. The number of piperidine rings is 1. The first-order valence-electron chi connectivity index (χ1n) is 9.60. The Morgan fingerprint density at radius 1 is 1.29 bits per heavy atom. The summed E-state index contributed by atoms with van der Waals surface area (Å²) in [7, 11) is 1.66. The number of hydrogen-bond acceptors (Lipinski definition) is 7. The first-order valence-corrected chi connectivity index (χ1v) is 9.60. The Morgan fingerprint density at radius 3 is 2.96 bits per heavy atom. The van der Waals surface area contributed by atoms with Crippen molar-refractivity contribution in [2.24, 2.45) is 0 Å². The smallest absolute Gasteiger partial charge is 0.223 e. The number of rotatable bonds is 5. The molecular formula is C19H22FN7O. The number of aromatic nitrogens is 5. The zero-order valence-electron chi connectivity index (χ0n) is 15.6. The molecule has 0 spiro atoms. The average Bonchev–Trinajstić information content (AvgIpc) is 3.48. The predicted octanol–water partition coefficient (Wildman–Crippen LogP) is 2.18. The zero-order valence-corrected chi connectivity index (χ0v) is 15.6. The third-order valence-electron chi connectivity index (χ3n) is 5.30. The third-order valence-corrected chi connectivity index (χ3v) is 5.30. The highest BCUT2D eigenvalue weighted by atomic mass is 19.1. The third kappa shape index (κ3) is 3.15. The Kier molecular flexibility index (Phi) is 4.31. The largest absolute Gasteiger partial charge is 0.495 e. The summed E-state index contributed by atoms with van der Waals surface area (Å²) < 4.78 is 21.4. The molecule has 1 aliphatic carbocycles. The molecule has 28 heavy (non-hydrogen) atoms. The Labute approximate surface area is 161 Å². The predicted molar refractivity (Wildman–Crippen MR) is 102 cm³/mol. The second kappa shape index (κ2) is 6.97. The second-order valence-electron chi connectivity index (χ2n) is 7.31. The van der Waals surface area contributed by atoms with Crippen LogP contribution in [0.2, 0.25) is 0 Å². The van der Waals surface area contributed by atoms with Crippen LogP contribution in [0.1, 0.15) is 30.9 Å². The number of halogens is 1. The Balaban J connectivity index is 1.49. The van der Waals surface area contributed by atoms with Crippen molar-refractivity contribution >= 4 is 11.6 Å². The fourth-order valence-electron chi connectivity index (χ4n) is 3.59. The molecular weight excluding hydrogens is 361 g/mol. The van der Waals surface area contributed by atoms with Crippen LogP contribution in [0.4, 0.5) is 10.3 Å². The number of methoxy groups -OCH3 is 1. The maximum absolute atomic E-state index is 14.1. The first-order chi connectivity index (χ1) is 13.7. The highest BCUT2D eigenvalue weighted by Crippen LogP contribution is 2.43. The molecule has 2 unspecified atom stereocenters. The summed E-state index contributed by atoms with van der Waals surface area (Å²) in [6.45, 7) is 1.25. The number of alkyl halides is 1. The van der Waals surface area contributed by atoms with Crippen LogP contribution < -0.4 is 15.4 Å². The summed E-state index contributed by atoms with van der Waals surface area (Å²) in [4.78, 5) is 13.3. The lowest BCUT2D eigenvalue weighted by molar-refractivity contribution is 0.240. The molecule has 2 fully saturated rings. The van der Waals surface area contributed by atoms with Gasteiger partial charge in [0, 0.05) is 24.7 Å². The molecule has 146 valence electrons. The van der Waals surface area contributed by atoms with Crippen LogP contribution in [0.5, 0.6) is 5.75 Å². The van der Waals surface area contributed by atoms with Crippen LogP contribution in [-0.2, 0) is 0 Å².